The van der Waals surface area contributed by atoms with E-state index in [4.69, 9.17) is 9.47 Å². The van der Waals surface area contributed by atoms with Crippen LogP contribution in [0, 0.1) is 0 Å². The predicted molar refractivity (Wildman–Crippen MR) is 111 cm³/mol. The fraction of sp³-hybridized carbons (Fsp3) is 0.125. The second-order valence-electron chi connectivity index (χ2n) is 6.91. The lowest BCUT2D eigenvalue weighted by Gasteiger charge is -2.10. The van der Waals surface area contributed by atoms with Gasteiger partial charge in [-0.05, 0) is 28.8 Å². The van der Waals surface area contributed by atoms with Crippen molar-refractivity contribution in [3.8, 4) is 45.1 Å². The van der Waals surface area contributed by atoms with Crippen molar-refractivity contribution in [2.75, 3.05) is 14.2 Å². The number of hydrogen-bond donors (Lipinski definition) is 1. The van der Waals surface area contributed by atoms with Gasteiger partial charge in [-0.15, -0.1) is 0 Å². The van der Waals surface area contributed by atoms with Gasteiger partial charge in [0.25, 0.3) is 0 Å². The first-order chi connectivity index (χ1) is 13.8. The van der Waals surface area contributed by atoms with E-state index >= 15 is 0 Å². The number of methoxy groups -OCH3 is 2. The largest absolute Gasteiger partial charge is 0.493 e. The highest BCUT2D eigenvalue weighted by Crippen LogP contribution is 2.44. The molecule has 28 heavy (non-hydrogen) atoms. The number of aromatic amines is 1. The molecule has 1 heterocycles. The summed E-state index contributed by atoms with van der Waals surface area (Å²) in [7, 11) is 3.33. The maximum absolute atomic E-state index is 5.46. The van der Waals surface area contributed by atoms with Crippen LogP contribution in [-0.4, -0.2) is 24.4 Å². The molecule has 1 N–H and O–H groups in total. The van der Waals surface area contributed by atoms with E-state index < -0.39 is 0 Å². The molecule has 1 aliphatic rings. The molecule has 5 rings (SSSR count). The molecule has 0 saturated carbocycles. The maximum Gasteiger partial charge on any atom is 0.161 e. The summed E-state index contributed by atoms with van der Waals surface area (Å²) in [5.41, 5.74) is 9.18. The van der Waals surface area contributed by atoms with Crippen molar-refractivity contribution >= 4 is 0 Å². The van der Waals surface area contributed by atoms with Crippen LogP contribution in [0.4, 0.5) is 0 Å². The van der Waals surface area contributed by atoms with Crippen LogP contribution >= 0.6 is 0 Å². The lowest BCUT2D eigenvalue weighted by molar-refractivity contribution is 0.355. The normalized spacial score (nSPS) is 11.8. The molecule has 0 fully saturated rings. The van der Waals surface area contributed by atoms with Crippen LogP contribution < -0.4 is 9.47 Å². The number of nitrogens with zero attached hydrogens (tertiary/aromatic N) is 1. The summed E-state index contributed by atoms with van der Waals surface area (Å²) in [6.45, 7) is 0. The van der Waals surface area contributed by atoms with Gasteiger partial charge in [0.05, 0.1) is 25.6 Å². The molecule has 0 spiro atoms. The summed E-state index contributed by atoms with van der Waals surface area (Å²) in [6, 6.07) is 23.1. The van der Waals surface area contributed by atoms with Gasteiger partial charge < -0.3 is 9.47 Å². The molecule has 0 atom stereocenters. The van der Waals surface area contributed by atoms with E-state index in [1.54, 1.807) is 14.2 Å². The van der Waals surface area contributed by atoms with Crippen molar-refractivity contribution in [2.24, 2.45) is 0 Å². The summed E-state index contributed by atoms with van der Waals surface area (Å²) < 4.78 is 10.9. The van der Waals surface area contributed by atoms with Gasteiger partial charge in [0, 0.05) is 23.1 Å². The second-order valence-corrected chi connectivity index (χ2v) is 6.91. The highest BCUT2D eigenvalue weighted by molar-refractivity contribution is 5.83. The summed E-state index contributed by atoms with van der Waals surface area (Å²) >= 11 is 0. The number of H-pyrrole nitrogens is 1. The van der Waals surface area contributed by atoms with Gasteiger partial charge in [-0.2, -0.15) is 5.10 Å². The first-order valence-electron chi connectivity index (χ1n) is 9.27. The first-order valence-corrected chi connectivity index (χ1v) is 9.27. The van der Waals surface area contributed by atoms with Crippen molar-refractivity contribution in [1.29, 1.82) is 0 Å². The van der Waals surface area contributed by atoms with E-state index in [1.165, 1.54) is 22.3 Å². The lowest BCUT2D eigenvalue weighted by atomic mass is 10.0. The van der Waals surface area contributed by atoms with Crippen molar-refractivity contribution in [3.05, 3.63) is 77.9 Å². The Balaban J connectivity index is 1.52. The van der Waals surface area contributed by atoms with Crippen LogP contribution in [-0.2, 0) is 6.42 Å². The molecule has 0 aliphatic heterocycles. The quantitative estimate of drug-likeness (QED) is 0.466. The molecule has 138 valence electrons. The van der Waals surface area contributed by atoms with E-state index in [-0.39, 0.29) is 0 Å². The van der Waals surface area contributed by atoms with Gasteiger partial charge in [-0.1, -0.05) is 54.6 Å². The van der Waals surface area contributed by atoms with Gasteiger partial charge in [0.1, 0.15) is 0 Å². The van der Waals surface area contributed by atoms with Crippen LogP contribution in [0.5, 0.6) is 11.5 Å². The third-order valence-corrected chi connectivity index (χ3v) is 5.38. The SMILES string of the molecule is COc1cc2c(cc1OC)-c1[nH]nc(-c3ccc(-c4ccccc4)cc3)c1C2. The smallest absolute Gasteiger partial charge is 0.161 e. The minimum absolute atomic E-state index is 0.734. The van der Waals surface area contributed by atoms with E-state index in [2.05, 4.69) is 64.8 Å². The number of benzene rings is 3. The average Bonchev–Trinajstić information content (AvgIpc) is 3.32. The van der Waals surface area contributed by atoms with E-state index in [0.717, 1.165) is 40.4 Å². The van der Waals surface area contributed by atoms with Crippen molar-refractivity contribution in [2.45, 2.75) is 6.42 Å². The molecule has 4 nitrogen and oxygen atoms in total. The summed E-state index contributed by atoms with van der Waals surface area (Å²) in [5.74, 6) is 1.49. The molecule has 0 unspecified atom stereocenters. The van der Waals surface area contributed by atoms with E-state index in [1.807, 2.05) is 12.1 Å². The fourth-order valence-electron chi connectivity index (χ4n) is 3.94. The van der Waals surface area contributed by atoms with E-state index in [9.17, 15) is 0 Å². The minimum atomic E-state index is 0.734. The molecule has 3 aromatic carbocycles. The van der Waals surface area contributed by atoms with Crippen LogP contribution in [0.2, 0.25) is 0 Å². The van der Waals surface area contributed by atoms with Crippen molar-refractivity contribution in [1.82, 2.24) is 10.2 Å². The number of aromatic nitrogens is 2. The Labute approximate surface area is 163 Å². The number of nitrogens with one attached hydrogen (secondary N) is 1. The predicted octanol–water partition coefficient (Wildman–Crippen LogP) is 5.33. The Bertz CT molecular complexity index is 1150. The molecule has 0 saturated heterocycles. The number of ether oxygens (including phenoxy) is 2. The maximum atomic E-state index is 5.46. The fourth-order valence-corrected chi connectivity index (χ4v) is 3.94. The molecule has 0 amide bonds. The Hall–Kier alpha value is -3.53. The summed E-state index contributed by atoms with van der Waals surface area (Å²) in [4.78, 5) is 0. The molecular weight excluding hydrogens is 348 g/mol. The number of hydrogen-bond acceptors (Lipinski definition) is 3. The van der Waals surface area contributed by atoms with Gasteiger partial charge in [-0.3, -0.25) is 5.10 Å². The molecule has 0 bridgehead atoms. The average molecular weight is 368 g/mol. The lowest BCUT2D eigenvalue weighted by Crippen LogP contribution is -1.93. The Morgan fingerprint density at radius 3 is 2.14 bits per heavy atom. The zero-order chi connectivity index (χ0) is 19.1. The highest BCUT2D eigenvalue weighted by Gasteiger charge is 2.27. The van der Waals surface area contributed by atoms with Crippen LogP contribution in [0.1, 0.15) is 11.1 Å². The Morgan fingerprint density at radius 1 is 0.786 bits per heavy atom. The minimum Gasteiger partial charge on any atom is -0.493 e. The first kappa shape index (κ1) is 16.6. The topological polar surface area (TPSA) is 47.1 Å². The van der Waals surface area contributed by atoms with Gasteiger partial charge in [0.2, 0.25) is 0 Å². The van der Waals surface area contributed by atoms with Crippen molar-refractivity contribution in [3.63, 3.8) is 0 Å². The van der Waals surface area contributed by atoms with E-state index in [0.29, 0.717) is 0 Å². The summed E-state index contributed by atoms with van der Waals surface area (Å²) in [5, 5.41) is 7.84. The second kappa shape index (κ2) is 6.57. The molecule has 4 aromatic rings. The Morgan fingerprint density at radius 2 is 1.43 bits per heavy atom. The molecule has 4 heteroatoms. The standard InChI is InChI=1S/C24H20N2O2/c1-27-21-13-18-12-20-23(25-26-24(20)19(18)14-22(21)28-2)17-10-8-16(9-11-17)15-6-4-3-5-7-15/h3-11,13-14H,12H2,1-2H3,(H,25,26). The monoisotopic (exact) mass is 368 g/mol. The van der Waals surface area contributed by atoms with Crippen LogP contribution in [0.15, 0.2) is 66.7 Å². The number of fused-ring (bicyclic) bond motifs is 3. The van der Waals surface area contributed by atoms with Gasteiger partial charge in [0.15, 0.2) is 11.5 Å². The third-order valence-electron chi connectivity index (χ3n) is 5.38. The number of rotatable bonds is 4. The van der Waals surface area contributed by atoms with Crippen LogP contribution in [0.25, 0.3) is 33.6 Å². The zero-order valence-corrected chi connectivity index (χ0v) is 15.8. The zero-order valence-electron chi connectivity index (χ0n) is 15.8. The molecule has 1 aromatic heterocycles. The summed E-state index contributed by atoms with van der Waals surface area (Å²) in [6.07, 6.45) is 0.831. The molecular formula is C24H20N2O2. The Kier molecular flexibility index (Phi) is 3.90. The third kappa shape index (κ3) is 2.57. The van der Waals surface area contributed by atoms with Crippen molar-refractivity contribution < 1.29 is 9.47 Å². The molecule has 1 aliphatic carbocycles. The van der Waals surface area contributed by atoms with Crippen LogP contribution in [0.3, 0.4) is 0 Å². The highest BCUT2D eigenvalue weighted by atomic mass is 16.5. The molecule has 0 radical (unpaired) electrons. The van der Waals surface area contributed by atoms with Gasteiger partial charge in [-0.25, -0.2) is 0 Å². The van der Waals surface area contributed by atoms with Gasteiger partial charge >= 0.3 is 0 Å².